The summed E-state index contributed by atoms with van der Waals surface area (Å²) >= 11 is 0. The molecule has 8 rings (SSSR count). The van der Waals surface area contributed by atoms with Gasteiger partial charge in [0.15, 0.2) is 5.57 Å². The number of benzene rings is 4. The molecular formula is C38H25N4O2P. The third-order valence-corrected chi connectivity index (χ3v) is 9.86. The van der Waals surface area contributed by atoms with Crippen LogP contribution in [0.15, 0.2) is 152 Å². The molecule has 7 heteroatoms. The van der Waals surface area contributed by atoms with Gasteiger partial charge in [0.2, 0.25) is 0 Å². The lowest BCUT2D eigenvalue weighted by Gasteiger charge is -2.09. The van der Waals surface area contributed by atoms with Gasteiger partial charge in [-0.05, 0) is 109 Å². The molecule has 8 aromatic rings. The van der Waals surface area contributed by atoms with Gasteiger partial charge in [0.05, 0.1) is 11.4 Å². The summed E-state index contributed by atoms with van der Waals surface area (Å²) < 4.78 is 12.8. The van der Waals surface area contributed by atoms with Crippen molar-refractivity contribution < 1.29 is 9.47 Å². The Morgan fingerprint density at radius 3 is 1.38 bits per heavy atom. The van der Waals surface area contributed by atoms with E-state index in [-0.39, 0.29) is 0 Å². The van der Waals surface area contributed by atoms with Crippen molar-refractivity contribution in [1.29, 1.82) is 0 Å². The summed E-state index contributed by atoms with van der Waals surface area (Å²) in [5.41, 5.74) is 4.59. The molecule has 0 unspecified atom stereocenters. The van der Waals surface area contributed by atoms with Crippen molar-refractivity contribution in [3.8, 4) is 51.1 Å². The fourth-order valence-electron chi connectivity index (χ4n) is 5.50. The zero-order valence-electron chi connectivity index (χ0n) is 24.0. The van der Waals surface area contributed by atoms with Gasteiger partial charge in [0.1, 0.15) is 23.0 Å². The SMILES string of the molecule is c1ccc(-c2cccc(Oc3ccc4c5ccc(Oc6cccc(-c7ccccn7)c6)cc5p(-c5ncccn5)c4c3)c2)nc1. The number of nitrogens with zero attached hydrogens (tertiary/aromatic N) is 4. The largest absolute Gasteiger partial charge is 0.457 e. The molecule has 0 saturated heterocycles. The number of rotatable bonds is 7. The number of hydrogen-bond donors (Lipinski definition) is 0. The Bertz CT molecular complexity index is 2130. The third-order valence-electron chi connectivity index (χ3n) is 7.52. The van der Waals surface area contributed by atoms with Gasteiger partial charge in [0, 0.05) is 46.2 Å². The Balaban J connectivity index is 1.19. The van der Waals surface area contributed by atoms with Crippen LogP contribution in [0, 0.1) is 0 Å². The molecule has 0 bridgehead atoms. The normalized spacial score (nSPS) is 11.1. The van der Waals surface area contributed by atoms with Crippen molar-refractivity contribution in [2.75, 3.05) is 0 Å². The highest BCUT2D eigenvalue weighted by Crippen LogP contribution is 2.55. The van der Waals surface area contributed by atoms with E-state index in [0.717, 1.165) is 72.1 Å². The van der Waals surface area contributed by atoms with E-state index in [2.05, 4.69) is 34.2 Å². The van der Waals surface area contributed by atoms with E-state index in [1.165, 1.54) is 0 Å². The van der Waals surface area contributed by atoms with Gasteiger partial charge in [0.25, 0.3) is 0 Å². The van der Waals surface area contributed by atoms with E-state index in [1.807, 2.05) is 103 Å². The van der Waals surface area contributed by atoms with Crippen molar-refractivity contribution in [3.63, 3.8) is 0 Å². The van der Waals surface area contributed by atoms with Crippen LogP contribution in [0.2, 0.25) is 0 Å². The molecule has 6 nitrogen and oxygen atoms in total. The molecule has 45 heavy (non-hydrogen) atoms. The van der Waals surface area contributed by atoms with Gasteiger partial charge in [-0.3, -0.25) is 9.97 Å². The number of pyridine rings is 2. The van der Waals surface area contributed by atoms with Crippen molar-refractivity contribution in [3.05, 3.63) is 152 Å². The second kappa shape index (κ2) is 11.7. The van der Waals surface area contributed by atoms with E-state index in [4.69, 9.17) is 19.4 Å². The lowest BCUT2D eigenvalue weighted by Crippen LogP contribution is -1.86. The maximum Gasteiger partial charge on any atom is 0.175 e. The molecule has 0 saturated carbocycles. The lowest BCUT2D eigenvalue weighted by molar-refractivity contribution is 0.483. The monoisotopic (exact) mass is 600 g/mol. The summed E-state index contributed by atoms with van der Waals surface area (Å²) in [4.78, 5) is 18.4. The van der Waals surface area contributed by atoms with Gasteiger partial charge in [-0.25, -0.2) is 9.97 Å². The molecule has 4 heterocycles. The van der Waals surface area contributed by atoms with Crippen molar-refractivity contribution >= 4 is 28.5 Å². The van der Waals surface area contributed by atoms with Crippen molar-refractivity contribution in [2.24, 2.45) is 0 Å². The van der Waals surface area contributed by atoms with Crippen LogP contribution >= 0.6 is 7.53 Å². The third kappa shape index (κ3) is 5.40. The minimum Gasteiger partial charge on any atom is -0.457 e. The van der Waals surface area contributed by atoms with E-state index >= 15 is 0 Å². The molecule has 4 aromatic carbocycles. The zero-order chi connectivity index (χ0) is 30.0. The molecule has 0 fully saturated rings. The number of hydrogen-bond acceptors (Lipinski definition) is 6. The van der Waals surface area contributed by atoms with E-state index in [9.17, 15) is 0 Å². The Morgan fingerprint density at radius 2 is 0.889 bits per heavy atom. The van der Waals surface area contributed by atoms with Crippen LogP contribution in [-0.2, 0) is 0 Å². The van der Waals surface area contributed by atoms with Crippen LogP contribution in [0.25, 0.3) is 49.1 Å². The summed E-state index contributed by atoms with van der Waals surface area (Å²) in [6.07, 6.45) is 7.19. The average Bonchev–Trinajstić information content (AvgIpc) is 3.42. The highest BCUT2D eigenvalue weighted by atomic mass is 31.1. The van der Waals surface area contributed by atoms with Crippen LogP contribution < -0.4 is 9.47 Å². The van der Waals surface area contributed by atoms with Gasteiger partial charge in [-0.2, -0.15) is 0 Å². The van der Waals surface area contributed by atoms with Crippen LogP contribution in [0.3, 0.4) is 0 Å². The van der Waals surface area contributed by atoms with E-state index in [1.54, 1.807) is 24.8 Å². The summed E-state index contributed by atoms with van der Waals surface area (Å²) in [5, 5.41) is 4.61. The highest BCUT2D eigenvalue weighted by molar-refractivity contribution is 7.67. The predicted octanol–water partition coefficient (Wildman–Crippen LogP) is 10.5. The van der Waals surface area contributed by atoms with Crippen LogP contribution in [0.1, 0.15) is 0 Å². The summed E-state index contributed by atoms with van der Waals surface area (Å²) in [7, 11) is -1.04. The Labute approximate surface area is 260 Å². The minimum absolute atomic E-state index is 0.748. The molecular weight excluding hydrogens is 575 g/mol. The Morgan fingerprint density at radius 1 is 0.400 bits per heavy atom. The Kier molecular flexibility index (Phi) is 6.95. The first-order chi connectivity index (χ1) is 22.3. The number of ether oxygens (including phenoxy) is 2. The second-order valence-electron chi connectivity index (χ2n) is 10.4. The minimum atomic E-state index is -1.04. The van der Waals surface area contributed by atoms with Gasteiger partial charge >= 0.3 is 0 Å². The quantitative estimate of drug-likeness (QED) is 0.181. The predicted molar refractivity (Wildman–Crippen MR) is 181 cm³/mol. The standard InChI is InChI=1S/C38H25N4O2P/c1-3-18-39-34(12-1)26-8-5-10-28(22-26)43-30-14-16-32-33-17-15-31(25-37(33)45(36(32)24-30)38-41-20-7-21-42-38)44-29-11-6-9-27(23-29)35-13-2-4-19-40-35/h1-25H. The van der Waals surface area contributed by atoms with Crippen molar-refractivity contribution in [1.82, 2.24) is 19.9 Å². The first kappa shape index (κ1) is 26.8. The number of aromatic nitrogens is 4. The van der Waals surface area contributed by atoms with Crippen LogP contribution in [0.4, 0.5) is 0 Å². The molecule has 0 aliphatic carbocycles. The van der Waals surface area contributed by atoms with Crippen LogP contribution in [0.5, 0.6) is 23.0 Å². The smallest absolute Gasteiger partial charge is 0.175 e. The lowest BCUT2D eigenvalue weighted by atomic mass is 10.1. The number of fused-ring (bicyclic) bond motifs is 3. The molecule has 214 valence electrons. The Hall–Kier alpha value is -5.84. The van der Waals surface area contributed by atoms with Crippen LogP contribution in [-0.4, -0.2) is 19.9 Å². The first-order valence-electron chi connectivity index (χ1n) is 14.5. The summed E-state index contributed by atoms with van der Waals surface area (Å²) in [6.45, 7) is 0. The summed E-state index contributed by atoms with van der Waals surface area (Å²) in [5.74, 6) is 3.01. The molecule has 0 aliphatic rings. The maximum atomic E-state index is 6.41. The molecule has 0 radical (unpaired) electrons. The van der Waals surface area contributed by atoms with E-state index < -0.39 is 7.53 Å². The molecule has 0 N–H and O–H groups in total. The maximum absolute atomic E-state index is 6.41. The zero-order valence-corrected chi connectivity index (χ0v) is 24.9. The van der Waals surface area contributed by atoms with E-state index in [0.29, 0.717) is 0 Å². The van der Waals surface area contributed by atoms with Gasteiger partial charge < -0.3 is 9.47 Å². The average molecular weight is 601 g/mol. The molecule has 4 aromatic heterocycles. The molecule has 0 aliphatic heterocycles. The first-order valence-corrected chi connectivity index (χ1v) is 15.9. The second-order valence-corrected chi connectivity index (χ2v) is 12.5. The highest BCUT2D eigenvalue weighted by Gasteiger charge is 2.18. The summed E-state index contributed by atoms with van der Waals surface area (Å²) in [6, 6.07) is 42.2. The molecule has 0 atom stereocenters. The molecule has 0 spiro atoms. The van der Waals surface area contributed by atoms with Gasteiger partial charge in [-0.15, -0.1) is 0 Å². The topological polar surface area (TPSA) is 70.0 Å². The fourth-order valence-corrected chi connectivity index (χ4v) is 7.94. The van der Waals surface area contributed by atoms with Gasteiger partial charge in [-0.1, -0.05) is 36.4 Å². The molecule has 0 amide bonds. The fraction of sp³-hybridized carbons (Fsp3) is 0. The van der Waals surface area contributed by atoms with Crippen molar-refractivity contribution in [2.45, 2.75) is 0 Å².